The van der Waals surface area contributed by atoms with Crippen molar-refractivity contribution >= 4 is 17.5 Å². The number of aromatic nitrogens is 2. The Balaban J connectivity index is 1.79. The van der Waals surface area contributed by atoms with Crippen molar-refractivity contribution in [2.24, 2.45) is 0 Å². The van der Waals surface area contributed by atoms with Crippen molar-refractivity contribution in [1.29, 1.82) is 0 Å². The van der Waals surface area contributed by atoms with E-state index in [1.807, 2.05) is 0 Å². The first-order valence-corrected chi connectivity index (χ1v) is 7.52. The summed E-state index contributed by atoms with van der Waals surface area (Å²) in [6.07, 6.45) is 5.22. The Hall–Kier alpha value is -2.70. The number of hydrogen-bond acceptors (Lipinski definition) is 5. The van der Waals surface area contributed by atoms with Crippen LogP contribution in [0.1, 0.15) is 45.1 Å². The zero-order valence-electron chi connectivity index (χ0n) is 13.1. The molecule has 1 aliphatic rings. The number of pyridine rings is 1. The Labute approximate surface area is 133 Å². The number of anilines is 1. The quantitative estimate of drug-likeness (QED) is 0.935. The summed E-state index contributed by atoms with van der Waals surface area (Å²) in [5.41, 5.74) is 2.00. The molecule has 0 aromatic carbocycles. The molecule has 0 radical (unpaired) electrons. The average Bonchev–Trinajstić information content (AvgIpc) is 2.98. The van der Waals surface area contributed by atoms with Gasteiger partial charge in [0.2, 0.25) is 0 Å². The molecule has 0 bridgehead atoms. The second kappa shape index (κ2) is 6.20. The van der Waals surface area contributed by atoms with Gasteiger partial charge < -0.3 is 14.7 Å². The predicted molar refractivity (Wildman–Crippen MR) is 83.4 cm³/mol. The molecule has 0 atom stereocenters. The van der Waals surface area contributed by atoms with E-state index < -0.39 is 0 Å². The summed E-state index contributed by atoms with van der Waals surface area (Å²) in [5.74, 6) is 0.255. The van der Waals surface area contributed by atoms with Crippen molar-refractivity contribution in [2.45, 2.75) is 25.7 Å². The Morgan fingerprint density at radius 3 is 2.83 bits per heavy atom. The number of aryl methyl sites for hydroxylation is 1. The average molecular weight is 314 g/mol. The third-order valence-corrected chi connectivity index (χ3v) is 3.81. The third kappa shape index (κ3) is 3.08. The zero-order valence-corrected chi connectivity index (χ0v) is 13.1. The molecule has 0 saturated heterocycles. The van der Waals surface area contributed by atoms with Crippen LogP contribution in [0.15, 0.2) is 22.9 Å². The number of carbonyl (C=O) groups is 2. The van der Waals surface area contributed by atoms with Crippen molar-refractivity contribution < 1.29 is 14.1 Å². The van der Waals surface area contributed by atoms with Gasteiger partial charge in [-0.1, -0.05) is 5.16 Å². The highest BCUT2D eigenvalue weighted by atomic mass is 16.5. The number of carbonyl (C=O) groups excluding carboxylic acids is 2. The van der Waals surface area contributed by atoms with Crippen LogP contribution in [0, 0.1) is 0 Å². The fraction of sp³-hybridized carbons (Fsp3) is 0.375. The van der Waals surface area contributed by atoms with E-state index in [0.717, 1.165) is 37.0 Å². The summed E-state index contributed by atoms with van der Waals surface area (Å²) >= 11 is 0. The van der Waals surface area contributed by atoms with Crippen LogP contribution >= 0.6 is 0 Å². The molecule has 0 aliphatic heterocycles. The van der Waals surface area contributed by atoms with Crippen LogP contribution in [0.5, 0.6) is 0 Å². The van der Waals surface area contributed by atoms with Gasteiger partial charge in [-0.25, -0.2) is 0 Å². The molecule has 2 heterocycles. The Kier molecular flexibility index (Phi) is 4.10. The first kappa shape index (κ1) is 15.2. The fourth-order valence-electron chi connectivity index (χ4n) is 2.61. The van der Waals surface area contributed by atoms with Crippen molar-refractivity contribution in [3.05, 3.63) is 41.0 Å². The van der Waals surface area contributed by atoms with E-state index in [0.29, 0.717) is 11.4 Å². The van der Waals surface area contributed by atoms with E-state index in [9.17, 15) is 9.59 Å². The van der Waals surface area contributed by atoms with E-state index in [4.69, 9.17) is 4.52 Å². The van der Waals surface area contributed by atoms with Gasteiger partial charge in [0, 0.05) is 38.0 Å². The van der Waals surface area contributed by atoms with Gasteiger partial charge in [0.05, 0.1) is 0 Å². The van der Waals surface area contributed by atoms with Gasteiger partial charge in [0.1, 0.15) is 11.5 Å². The minimum atomic E-state index is -0.327. The molecule has 0 saturated carbocycles. The second-order valence-corrected chi connectivity index (χ2v) is 5.72. The second-order valence-electron chi connectivity index (χ2n) is 5.72. The first-order valence-electron chi connectivity index (χ1n) is 7.52. The highest BCUT2D eigenvalue weighted by Crippen LogP contribution is 2.24. The number of fused-ring (bicyclic) bond motifs is 1. The minimum Gasteiger partial charge on any atom is -0.360 e. The van der Waals surface area contributed by atoms with Gasteiger partial charge in [-0.15, -0.1) is 0 Å². The highest BCUT2D eigenvalue weighted by molar-refractivity contribution is 6.04. The van der Waals surface area contributed by atoms with E-state index in [-0.39, 0.29) is 17.5 Å². The summed E-state index contributed by atoms with van der Waals surface area (Å²) in [6.45, 7) is 0. The van der Waals surface area contributed by atoms with Crippen molar-refractivity contribution in [2.75, 3.05) is 19.4 Å². The van der Waals surface area contributed by atoms with Gasteiger partial charge in [-0.3, -0.25) is 14.6 Å². The van der Waals surface area contributed by atoms with Gasteiger partial charge in [-0.05, 0) is 31.4 Å². The molecule has 0 fully saturated rings. The maximum Gasteiger partial charge on any atom is 0.278 e. The maximum atomic E-state index is 12.4. The predicted octanol–water partition coefficient (Wildman–Crippen LogP) is 1.90. The van der Waals surface area contributed by atoms with E-state index >= 15 is 0 Å². The van der Waals surface area contributed by atoms with E-state index in [2.05, 4.69) is 15.5 Å². The summed E-state index contributed by atoms with van der Waals surface area (Å²) < 4.78 is 5.26. The van der Waals surface area contributed by atoms with Crippen LogP contribution in [-0.2, 0) is 12.8 Å². The van der Waals surface area contributed by atoms with Crippen LogP contribution in [0.3, 0.4) is 0 Å². The number of nitrogens with zero attached hydrogens (tertiary/aromatic N) is 3. The molecular formula is C16H18N4O3. The summed E-state index contributed by atoms with van der Waals surface area (Å²) in [4.78, 5) is 29.8. The number of rotatable bonds is 3. The molecule has 2 aromatic heterocycles. The maximum absolute atomic E-state index is 12.4. The molecule has 1 aliphatic carbocycles. The summed E-state index contributed by atoms with van der Waals surface area (Å²) in [7, 11) is 3.30. The molecule has 0 spiro atoms. The molecule has 120 valence electrons. The number of nitrogens with one attached hydrogen (secondary N) is 1. The van der Waals surface area contributed by atoms with E-state index in [1.54, 1.807) is 26.2 Å². The topological polar surface area (TPSA) is 88.3 Å². The lowest BCUT2D eigenvalue weighted by Crippen LogP contribution is -2.23. The molecule has 7 heteroatoms. The molecule has 2 amide bonds. The molecular weight excluding hydrogens is 296 g/mol. The largest absolute Gasteiger partial charge is 0.360 e. The monoisotopic (exact) mass is 314 g/mol. The lowest BCUT2D eigenvalue weighted by molar-refractivity contribution is 0.0821. The van der Waals surface area contributed by atoms with Gasteiger partial charge in [0.15, 0.2) is 5.69 Å². The van der Waals surface area contributed by atoms with Crippen LogP contribution < -0.4 is 5.32 Å². The molecule has 3 rings (SSSR count). The fourth-order valence-corrected chi connectivity index (χ4v) is 2.61. The van der Waals surface area contributed by atoms with Crippen LogP contribution in [0.2, 0.25) is 0 Å². The lowest BCUT2D eigenvalue weighted by Gasteiger charge is -2.11. The molecule has 23 heavy (non-hydrogen) atoms. The van der Waals surface area contributed by atoms with Crippen LogP contribution in [-0.4, -0.2) is 41.0 Å². The lowest BCUT2D eigenvalue weighted by atomic mass is 9.96. The normalized spacial score (nSPS) is 13.3. The van der Waals surface area contributed by atoms with Crippen LogP contribution in [0.4, 0.5) is 5.69 Å². The molecule has 2 aromatic rings. The minimum absolute atomic E-state index is 0.222. The van der Waals surface area contributed by atoms with Crippen molar-refractivity contribution in [3.8, 4) is 0 Å². The van der Waals surface area contributed by atoms with Crippen molar-refractivity contribution in [1.82, 2.24) is 15.0 Å². The summed E-state index contributed by atoms with van der Waals surface area (Å²) in [6, 6.07) is 3.18. The Morgan fingerprint density at radius 1 is 1.26 bits per heavy atom. The molecule has 1 N–H and O–H groups in total. The zero-order chi connectivity index (χ0) is 16.4. The number of amides is 2. The summed E-state index contributed by atoms with van der Waals surface area (Å²) in [5, 5.41) is 6.66. The van der Waals surface area contributed by atoms with E-state index in [1.165, 1.54) is 11.1 Å². The van der Waals surface area contributed by atoms with Crippen LogP contribution in [0.25, 0.3) is 0 Å². The third-order valence-electron chi connectivity index (χ3n) is 3.81. The standard InChI is InChI=1S/C16H18N4O3/c1-20(2)16(22)12-9-10(7-8-17-12)18-15(21)14-11-5-3-4-6-13(11)23-19-14/h7-9H,3-6H2,1-2H3,(H,17,18,21). The first-order chi connectivity index (χ1) is 11.1. The highest BCUT2D eigenvalue weighted by Gasteiger charge is 2.24. The van der Waals surface area contributed by atoms with Crippen molar-refractivity contribution in [3.63, 3.8) is 0 Å². The Morgan fingerprint density at radius 2 is 2.04 bits per heavy atom. The SMILES string of the molecule is CN(C)C(=O)c1cc(NC(=O)c2noc3c2CCCC3)ccn1. The molecule has 7 nitrogen and oxygen atoms in total. The van der Waals surface area contributed by atoms with Gasteiger partial charge >= 0.3 is 0 Å². The number of hydrogen-bond donors (Lipinski definition) is 1. The van der Waals surface area contributed by atoms with Gasteiger partial charge in [-0.2, -0.15) is 0 Å². The smallest absolute Gasteiger partial charge is 0.278 e. The Bertz CT molecular complexity index is 752. The van der Waals surface area contributed by atoms with Gasteiger partial charge in [0.25, 0.3) is 11.8 Å². The molecule has 0 unspecified atom stereocenters.